The van der Waals surface area contributed by atoms with Crippen LogP contribution in [-0.4, -0.2) is 26.9 Å². The van der Waals surface area contributed by atoms with E-state index in [0.29, 0.717) is 29.9 Å². The van der Waals surface area contributed by atoms with Gasteiger partial charge in [-0.25, -0.2) is 9.78 Å². The number of nitrogens with zero attached hydrogens (tertiary/aromatic N) is 2. The number of nitrogens with one attached hydrogen (secondary N) is 1. The summed E-state index contributed by atoms with van der Waals surface area (Å²) >= 11 is 0. The molecule has 0 amide bonds. The van der Waals surface area contributed by atoms with Crippen LogP contribution in [0.4, 0.5) is 5.69 Å². The molecule has 6 nitrogen and oxygen atoms in total. The van der Waals surface area contributed by atoms with E-state index in [-0.39, 0.29) is 5.69 Å². The van der Waals surface area contributed by atoms with Gasteiger partial charge in [0.25, 0.3) is 0 Å². The van der Waals surface area contributed by atoms with E-state index in [0.717, 1.165) is 17.5 Å². The van der Waals surface area contributed by atoms with Crippen LogP contribution in [0.1, 0.15) is 50.2 Å². The van der Waals surface area contributed by atoms with E-state index in [1.165, 1.54) is 16.7 Å². The SMILES string of the molecule is CCn1c(C)c(C=O)c2nc(C(=O)O)cc(NCc3c(C)cccc3C)c21. The Kier molecular flexibility index (Phi) is 4.99. The lowest BCUT2D eigenvalue weighted by atomic mass is 10.0. The van der Waals surface area contributed by atoms with Crippen molar-refractivity contribution in [1.82, 2.24) is 9.55 Å². The molecule has 27 heavy (non-hydrogen) atoms. The Morgan fingerprint density at radius 2 is 1.93 bits per heavy atom. The van der Waals surface area contributed by atoms with Gasteiger partial charge in [0, 0.05) is 18.8 Å². The molecule has 0 fully saturated rings. The van der Waals surface area contributed by atoms with Crippen molar-refractivity contribution in [3.05, 3.63) is 57.9 Å². The molecule has 1 aromatic carbocycles. The average molecular weight is 365 g/mol. The van der Waals surface area contributed by atoms with E-state index < -0.39 is 5.97 Å². The second-order valence-corrected chi connectivity index (χ2v) is 6.64. The zero-order valence-electron chi connectivity index (χ0n) is 16.0. The number of aromatic carboxylic acids is 1. The van der Waals surface area contributed by atoms with Gasteiger partial charge in [-0.1, -0.05) is 18.2 Å². The predicted molar refractivity (Wildman–Crippen MR) is 106 cm³/mol. The summed E-state index contributed by atoms with van der Waals surface area (Å²) in [6, 6.07) is 7.66. The number of benzene rings is 1. The standard InChI is InChI=1S/C21H23N3O3/c1-5-24-14(4)16(11-25)19-20(24)17(9-18(23-19)21(26)27)22-10-15-12(2)7-6-8-13(15)3/h6-9,11H,5,10H2,1-4H3,(H,22,23)(H,26,27). The highest BCUT2D eigenvalue weighted by molar-refractivity contribution is 6.04. The Morgan fingerprint density at radius 1 is 1.26 bits per heavy atom. The van der Waals surface area contributed by atoms with Crippen LogP contribution in [0.15, 0.2) is 24.3 Å². The summed E-state index contributed by atoms with van der Waals surface area (Å²) in [7, 11) is 0. The van der Waals surface area contributed by atoms with Crippen LogP contribution in [0.25, 0.3) is 11.0 Å². The molecule has 0 aliphatic carbocycles. The number of pyridine rings is 1. The topological polar surface area (TPSA) is 84.2 Å². The summed E-state index contributed by atoms with van der Waals surface area (Å²) in [4.78, 5) is 27.4. The number of rotatable bonds is 6. The van der Waals surface area contributed by atoms with Gasteiger partial charge in [-0.2, -0.15) is 0 Å². The lowest BCUT2D eigenvalue weighted by Gasteiger charge is -2.15. The number of carbonyl (C=O) groups excluding carboxylic acids is 1. The zero-order valence-corrected chi connectivity index (χ0v) is 16.0. The zero-order chi connectivity index (χ0) is 19.7. The van der Waals surface area contributed by atoms with E-state index in [1.54, 1.807) is 6.07 Å². The largest absolute Gasteiger partial charge is 0.477 e. The minimum Gasteiger partial charge on any atom is -0.477 e. The molecule has 3 rings (SSSR count). The van der Waals surface area contributed by atoms with Gasteiger partial charge in [0.1, 0.15) is 5.52 Å². The van der Waals surface area contributed by atoms with Crippen molar-refractivity contribution in [3.8, 4) is 0 Å². The monoisotopic (exact) mass is 365 g/mol. The normalized spacial score (nSPS) is 11.0. The van der Waals surface area contributed by atoms with E-state index in [1.807, 2.05) is 24.5 Å². The Labute approximate surface area is 157 Å². The second-order valence-electron chi connectivity index (χ2n) is 6.64. The molecule has 0 saturated carbocycles. The quantitative estimate of drug-likeness (QED) is 0.642. The van der Waals surface area contributed by atoms with Crippen molar-refractivity contribution in [1.29, 1.82) is 0 Å². The van der Waals surface area contributed by atoms with E-state index in [2.05, 4.69) is 36.3 Å². The van der Waals surface area contributed by atoms with Gasteiger partial charge in [0.2, 0.25) is 0 Å². The van der Waals surface area contributed by atoms with Gasteiger partial charge in [-0.3, -0.25) is 4.79 Å². The van der Waals surface area contributed by atoms with Gasteiger partial charge in [-0.15, -0.1) is 0 Å². The molecule has 2 heterocycles. The number of aryl methyl sites for hydroxylation is 3. The first kappa shape index (κ1) is 18.6. The van der Waals surface area contributed by atoms with Crippen LogP contribution in [0.3, 0.4) is 0 Å². The average Bonchev–Trinajstić information content (AvgIpc) is 2.91. The Hall–Kier alpha value is -3.15. The number of carboxylic acid groups (broad SMARTS) is 1. The summed E-state index contributed by atoms with van der Waals surface area (Å²) in [5.41, 5.74) is 6.49. The molecule has 6 heteroatoms. The predicted octanol–water partition coefficient (Wildman–Crippen LogP) is 4.10. The van der Waals surface area contributed by atoms with Crippen LogP contribution in [-0.2, 0) is 13.1 Å². The maximum Gasteiger partial charge on any atom is 0.354 e. The fourth-order valence-corrected chi connectivity index (χ4v) is 3.58. The van der Waals surface area contributed by atoms with Crippen LogP contribution >= 0.6 is 0 Å². The van der Waals surface area contributed by atoms with Crippen molar-refractivity contribution in [3.63, 3.8) is 0 Å². The summed E-state index contributed by atoms with van der Waals surface area (Å²) in [5.74, 6) is -1.12. The van der Waals surface area contributed by atoms with Crippen molar-refractivity contribution in [2.24, 2.45) is 0 Å². The third-order valence-corrected chi connectivity index (χ3v) is 5.07. The highest BCUT2D eigenvalue weighted by atomic mass is 16.4. The molecule has 0 unspecified atom stereocenters. The summed E-state index contributed by atoms with van der Waals surface area (Å²) in [6.45, 7) is 9.16. The highest BCUT2D eigenvalue weighted by Gasteiger charge is 2.20. The van der Waals surface area contributed by atoms with Crippen LogP contribution in [0.2, 0.25) is 0 Å². The first-order valence-electron chi connectivity index (χ1n) is 8.90. The van der Waals surface area contributed by atoms with E-state index >= 15 is 0 Å². The maximum absolute atomic E-state index is 11.6. The van der Waals surface area contributed by atoms with E-state index in [9.17, 15) is 14.7 Å². The van der Waals surface area contributed by atoms with Gasteiger partial charge in [-0.05, 0) is 50.5 Å². The van der Waals surface area contributed by atoms with Crippen molar-refractivity contribution < 1.29 is 14.7 Å². The molecule has 0 spiro atoms. The lowest BCUT2D eigenvalue weighted by Crippen LogP contribution is -2.08. The minimum atomic E-state index is -1.12. The van der Waals surface area contributed by atoms with Gasteiger partial charge >= 0.3 is 5.97 Å². The highest BCUT2D eigenvalue weighted by Crippen LogP contribution is 2.31. The number of aromatic nitrogens is 2. The summed E-state index contributed by atoms with van der Waals surface area (Å²) < 4.78 is 1.99. The molecule has 0 bridgehead atoms. The molecule has 0 atom stereocenters. The smallest absolute Gasteiger partial charge is 0.354 e. The number of hydrogen-bond donors (Lipinski definition) is 2. The number of hydrogen-bond acceptors (Lipinski definition) is 4. The lowest BCUT2D eigenvalue weighted by molar-refractivity contribution is 0.0690. The van der Waals surface area contributed by atoms with Crippen LogP contribution in [0, 0.1) is 20.8 Å². The van der Waals surface area contributed by atoms with Gasteiger partial charge in [0.15, 0.2) is 12.0 Å². The molecule has 2 N–H and O–H groups in total. The van der Waals surface area contributed by atoms with Crippen molar-refractivity contribution in [2.75, 3.05) is 5.32 Å². The van der Waals surface area contributed by atoms with Crippen LogP contribution < -0.4 is 5.32 Å². The fourth-order valence-electron chi connectivity index (χ4n) is 3.58. The molecule has 140 valence electrons. The number of aldehydes is 1. The number of carbonyl (C=O) groups is 2. The molecule has 2 aromatic heterocycles. The summed E-state index contributed by atoms with van der Waals surface area (Å²) in [6.07, 6.45) is 0.748. The first-order chi connectivity index (χ1) is 12.9. The second kappa shape index (κ2) is 7.23. The Bertz CT molecular complexity index is 1030. The Balaban J connectivity index is 2.18. The van der Waals surface area contributed by atoms with Gasteiger partial charge in [0.05, 0.1) is 16.8 Å². The van der Waals surface area contributed by atoms with Crippen molar-refractivity contribution in [2.45, 2.75) is 40.8 Å². The van der Waals surface area contributed by atoms with Gasteiger partial charge < -0.3 is 15.0 Å². The summed E-state index contributed by atoms with van der Waals surface area (Å²) in [5, 5.41) is 12.8. The van der Waals surface area contributed by atoms with Crippen LogP contribution in [0.5, 0.6) is 0 Å². The fraction of sp³-hybridized carbons (Fsp3) is 0.286. The number of carboxylic acids is 1. The molecule has 0 aliphatic heterocycles. The third kappa shape index (κ3) is 3.18. The molecular weight excluding hydrogens is 342 g/mol. The van der Waals surface area contributed by atoms with Crippen molar-refractivity contribution >= 4 is 29.0 Å². The molecule has 0 radical (unpaired) electrons. The first-order valence-corrected chi connectivity index (χ1v) is 8.90. The Morgan fingerprint density at radius 3 is 2.48 bits per heavy atom. The molecule has 0 aliphatic rings. The third-order valence-electron chi connectivity index (χ3n) is 5.07. The minimum absolute atomic E-state index is 0.0807. The molecule has 3 aromatic rings. The molecular formula is C21H23N3O3. The van der Waals surface area contributed by atoms with E-state index in [4.69, 9.17) is 0 Å². The number of anilines is 1. The maximum atomic E-state index is 11.6. The molecule has 0 saturated heterocycles. The number of fused-ring (bicyclic) bond motifs is 1.